The van der Waals surface area contributed by atoms with Gasteiger partial charge in [0.1, 0.15) is 6.04 Å². The van der Waals surface area contributed by atoms with E-state index in [1.54, 1.807) is 4.90 Å². The lowest BCUT2D eigenvalue weighted by Gasteiger charge is -2.31. The lowest BCUT2D eigenvalue weighted by molar-refractivity contribution is -0.141. The Hall–Kier alpha value is -3.14. The van der Waals surface area contributed by atoms with Crippen LogP contribution >= 0.6 is 0 Å². The van der Waals surface area contributed by atoms with Gasteiger partial charge in [-0.3, -0.25) is 9.59 Å². The summed E-state index contributed by atoms with van der Waals surface area (Å²) in [6.07, 6.45) is 1.60. The van der Waals surface area contributed by atoms with Gasteiger partial charge in [-0.1, -0.05) is 93.1 Å². The quantitative estimate of drug-likeness (QED) is 0.439. The molecule has 0 aromatic heterocycles. The summed E-state index contributed by atoms with van der Waals surface area (Å²) in [4.78, 5) is 28.3. The third kappa shape index (κ3) is 6.67. The summed E-state index contributed by atoms with van der Waals surface area (Å²) < 4.78 is 0. The minimum atomic E-state index is -0.481. The van der Waals surface area contributed by atoms with Crippen molar-refractivity contribution in [1.82, 2.24) is 10.2 Å². The first-order valence-corrected chi connectivity index (χ1v) is 12.0. The summed E-state index contributed by atoms with van der Waals surface area (Å²) in [6.45, 7) is 9.20. The molecule has 3 rings (SSSR count). The zero-order valence-electron chi connectivity index (χ0n) is 20.3. The van der Waals surface area contributed by atoms with Crippen LogP contribution in [0.15, 0.2) is 66.7 Å². The van der Waals surface area contributed by atoms with Crippen LogP contribution in [0, 0.1) is 12.8 Å². The lowest BCUT2D eigenvalue weighted by atomic mass is 10.00. The molecule has 174 valence electrons. The highest BCUT2D eigenvalue weighted by molar-refractivity contribution is 5.89. The minimum Gasteiger partial charge on any atom is -0.354 e. The van der Waals surface area contributed by atoms with Crippen molar-refractivity contribution < 1.29 is 9.59 Å². The van der Waals surface area contributed by atoms with E-state index in [4.69, 9.17) is 0 Å². The van der Waals surface area contributed by atoms with E-state index >= 15 is 0 Å². The first-order chi connectivity index (χ1) is 15.9. The van der Waals surface area contributed by atoms with E-state index in [-0.39, 0.29) is 11.8 Å². The Kier molecular flexibility index (Phi) is 8.65. The van der Waals surface area contributed by atoms with Crippen molar-refractivity contribution in [3.8, 4) is 0 Å². The second-order valence-electron chi connectivity index (χ2n) is 9.21. The summed E-state index contributed by atoms with van der Waals surface area (Å²) in [5.74, 6) is 0.297. The molecule has 0 saturated carbocycles. The normalized spacial score (nSPS) is 12.0. The van der Waals surface area contributed by atoms with Gasteiger partial charge in [0.2, 0.25) is 11.8 Å². The molecule has 1 N–H and O–H groups in total. The van der Waals surface area contributed by atoms with Crippen molar-refractivity contribution in [2.24, 2.45) is 5.92 Å². The van der Waals surface area contributed by atoms with Gasteiger partial charge in [-0.2, -0.15) is 0 Å². The fraction of sp³-hybridized carbons (Fsp3) is 0.379. The van der Waals surface area contributed by atoms with Gasteiger partial charge in [-0.15, -0.1) is 0 Å². The first kappa shape index (κ1) is 24.5. The predicted molar refractivity (Wildman–Crippen MR) is 136 cm³/mol. The zero-order chi connectivity index (χ0) is 23.8. The first-order valence-electron chi connectivity index (χ1n) is 12.0. The number of nitrogens with zero attached hydrogens (tertiary/aromatic N) is 1. The maximum absolute atomic E-state index is 13.5. The van der Waals surface area contributed by atoms with Gasteiger partial charge in [0, 0.05) is 19.5 Å². The van der Waals surface area contributed by atoms with Crippen molar-refractivity contribution in [2.45, 2.75) is 59.5 Å². The number of aryl methyl sites for hydroxylation is 2. The van der Waals surface area contributed by atoms with Crippen LogP contribution < -0.4 is 5.32 Å². The predicted octanol–water partition coefficient (Wildman–Crippen LogP) is 5.66. The number of hydrogen-bond acceptors (Lipinski definition) is 2. The number of carbonyl (C=O) groups is 2. The lowest BCUT2D eigenvalue weighted by Crippen LogP contribution is -2.49. The molecule has 0 saturated heterocycles. The number of nitrogens with one attached hydrogen (secondary N) is 1. The van der Waals surface area contributed by atoms with Crippen LogP contribution in [0.2, 0.25) is 0 Å². The highest BCUT2D eigenvalue weighted by Crippen LogP contribution is 2.21. The van der Waals surface area contributed by atoms with Gasteiger partial charge in [0.25, 0.3) is 0 Å². The summed E-state index contributed by atoms with van der Waals surface area (Å²) in [5, 5.41) is 5.39. The average molecular weight is 445 g/mol. The molecule has 0 aliphatic rings. The summed E-state index contributed by atoms with van der Waals surface area (Å²) in [7, 11) is 0. The Morgan fingerprint density at radius 2 is 1.64 bits per heavy atom. The highest BCUT2D eigenvalue weighted by atomic mass is 16.2. The molecule has 4 heteroatoms. The molecule has 0 aliphatic heterocycles. The standard InChI is InChI=1S/C29H36N2O2/c1-5-27(29(33)30-19-21(2)3)31(20-23-15-13-22(4)14-16-23)28(32)18-17-25-11-8-10-24-9-6-7-12-26(24)25/h6-16,21,27H,5,17-20H2,1-4H3,(H,30,33)/t27-/m0/s1. The zero-order valence-corrected chi connectivity index (χ0v) is 20.3. The maximum atomic E-state index is 13.5. The molecular weight excluding hydrogens is 408 g/mol. The second-order valence-corrected chi connectivity index (χ2v) is 9.21. The SMILES string of the molecule is CC[C@@H](C(=O)NCC(C)C)N(Cc1ccc(C)cc1)C(=O)CCc1cccc2ccccc12. The fourth-order valence-corrected chi connectivity index (χ4v) is 4.13. The van der Waals surface area contributed by atoms with E-state index in [1.165, 1.54) is 16.3 Å². The fourth-order valence-electron chi connectivity index (χ4n) is 4.13. The van der Waals surface area contributed by atoms with Crippen LogP contribution in [0.1, 0.15) is 50.3 Å². The number of hydrogen-bond donors (Lipinski definition) is 1. The van der Waals surface area contributed by atoms with E-state index < -0.39 is 6.04 Å². The number of carbonyl (C=O) groups excluding carboxylic acids is 2. The van der Waals surface area contributed by atoms with Crippen molar-refractivity contribution >= 4 is 22.6 Å². The van der Waals surface area contributed by atoms with Gasteiger partial charge >= 0.3 is 0 Å². The summed E-state index contributed by atoms with van der Waals surface area (Å²) in [5.41, 5.74) is 3.37. The van der Waals surface area contributed by atoms with Crippen LogP contribution in [-0.2, 0) is 22.6 Å². The number of benzene rings is 3. The third-order valence-corrected chi connectivity index (χ3v) is 6.03. The molecule has 1 atom stereocenters. The van der Waals surface area contributed by atoms with Crippen molar-refractivity contribution in [3.63, 3.8) is 0 Å². The van der Waals surface area contributed by atoms with E-state index in [0.29, 0.717) is 38.3 Å². The largest absolute Gasteiger partial charge is 0.354 e. The molecule has 0 unspecified atom stereocenters. The number of rotatable bonds is 10. The molecule has 4 nitrogen and oxygen atoms in total. The highest BCUT2D eigenvalue weighted by Gasteiger charge is 2.28. The molecule has 3 aromatic rings. The molecule has 0 fully saturated rings. The van der Waals surface area contributed by atoms with E-state index in [9.17, 15) is 9.59 Å². The third-order valence-electron chi connectivity index (χ3n) is 6.03. The number of fused-ring (bicyclic) bond motifs is 1. The van der Waals surface area contributed by atoms with Crippen molar-refractivity contribution in [2.75, 3.05) is 6.54 Å². The van der Waals surface area contributed by atoms with Crippen LogP contribution in [0.3, 0.4) is 0 Å². The molecule has 0 radical (unpaired) electrons. The molecule has 0 heterocycles. The van der Waals surface area contributed by atoms with Crippen molar-refractivity contribution in [1.29, 1.82) is 0 Å². The van der Waals surface area contributed by atoms with E-state index in [1.807, 2.05) is 56.3 Å². The summed E-state index contributed by atoms with van der Waals surface area (Å²) in [6, 6.07) is 22.2. The molecule has 0 bridgehead atoms. The molecule has 0 aliphatic carbocycles. The van der Waals surface area contributed by atoms with Crippen LogP contribution in [0.25, 0.3) is 10.8 Å². The molecular formula is C29H36N2O2. The van der Waals surface area contributed by atoms with Gasteiger partial charge in [0.15, 0.2) is 0 Å². The van der Waals surface area contributed by atoms with Crippen LogP contribution in [0.4, 0.5) is 0 Å². The van der Waals surface area contributed by atoms with Gasteiger partial charge in [0.05, 0.1) is 0 Å². The number of amides is 2. The van der Waals surface area contributed by atoms with E-state index in [2.05, 4.69) is 43.4 Å². The smallest absolute Gasteiger partial charge is 0.242 e. The molecule has 2 amide bonds. The Morgan fingerprint density at radius 1 is 0.939 bits per heavy atom. The van der Waals surface area contributed by atoms with Crippen LogP contribution in [-0.4, -0.2) is 29.3 Å². The molecule has 0 spiro atoms. The monoisotopic (exact) mass is 444 g/mol. The average Bonchev–Trinajstić information content (AvgIpc) is 2.82. The topological polar surface area (TPSA) is 49.4 Å². The Morgan fingerprint density at radius 3 is 2.33 bits per heavy atom. The van der Waals surface area contributed by atoms with Gasteiger partial charge in [-0.25, -0.2) is 0 Å². The molecule has 3 aromatic carbocycles. The second kappa shape index (κ2) is 11.6. The van der Waals surface area contributed by atoms with Gasteiger partial charge in [-0.05, 0) is 47.6 Å². The molecule has 33 heavy (non-hydrogen) atoms. The van der Waals surface area contributed by atoms with Crippen molar-refractivity contribution in [3.05, 3.63) is 83.4 Å². The minimum absolute atomic E-state index is 0.00931. The Balaban J connectivity index is 1.81. The maximum Gasteiger partial charge on any atom is 0.242 e. The summed E-state index contributed by atoms with van der Waals surface area (Å²) >= 11 is 0. The van der Waals surface area contributed by atoms with E-state index in [0.717, 1.165) is 11.1 Å². The Bertz CT molecular complexity index is 1070. The van der Waals surface area contributed by atoms with Gasteiger partial charge < -0.3 is 10.2 Å². The Labute approximate surface area is 198 Å². The van der Waals surface area contributed by atoms with Crippen LogP contribution in [0.5, 0.6) is 0 Å².